The Kier molecular flexibility index (Phi) is 1.72. The Morgan fingerprint density at radius 2 is 2.25 bits per heavy atom. The molecule has 0 bridgehead atoms. The standard InChI is InChI=1S/C8H13/c1-3-8-6-4-5-7(8)2/h4H,3,5-6H2,1-2H3. The first kappa shape index (κ1) is 5.87. The quantitative estimate of drug-likeness (QED) is 0.454. The molecule has 1 aliphatic carbocycles. The van der Waals surface area contributed by atoms with Crippen LogP contribution < -0.4 is 0 Å². The second-order valence-corrected chi connectivity index (χ2v) is 2.43. The maximum Gasteiger partial charge on any atom is -0.0283 e. The Hall–Kier alpha value is -0.260. The van der Waals surface area contributed by atoms with Crippen molar-refractivity contribution in [3.8, 4) is 0 Å². The van der Waals surface area contributed by atoms with E-state index in [1.165, 1.54) is 19.3 Å². The van der Waals surface area contributed by atoms with Crippen LogP contribution in [-0.4, -0.2) is 0 Å². The maximum atomic E-state index is 2.36. The summed E-state index contributed by atoms with van der Waals surface area (Å²) >= 11 is 0. The Morgan fingerprint density at radius 3 is 2.50 bits per heavy atom. The van der Waals surface area contributed by atoms with Crippen LogP contribution in [0.15, 0.2) is 11.1 Å². The summed E-state index contributed by atoms with van der Waals surface area (Å²) in [6.45, 7) is 4.47. The van der Waals surface area contributed by atoms with E-state index in [9.17, 15) is 0 Å². The molecule has 0 saturated carbocycles. The molecule has 45 valence electrons. The topological polar surface area (TPSA) is 0 Å². The summed E-state index contributed by atoms with van der Waals surface area (Å²) in [5.41, 5.74) is 3.26. The van der Waals surface area contributed by atoms with Crippen molar-refractivity contribution in [1.82, 2.24) is 0 Å². The van der Waals surface area contributed by atoms with Gasteiger partial charge in [-0.3, -0.25) is 0 Å². The molecule has 0 aromatic carbocycles. The van der Waals surface area contributed by atoms with Crippen molar-refractivity contribution in [3.63, 3.8) is 0 Å². The summed E-state index contributed by atoms with van der Waals surface area (Å²) in [7, 11) is 0. The van der Waals surface area contributed by atoms with Gasteiger partial charge in [-0.15, -0.1) is 0 Å². The third kappa shape index (κ3) is 0.936. The lowest BCUT2D eigenvalue weighted by Crippen LogP contribution is -1.74. The van der Waals surface area contributed by atoms with Gasteiger partial charge >= 0.3 is 0 Å². The molecule has 0 heterocycles. The molecule has 0 atom stereocenters. The van der Waals surface area contributed by atoms with E-state index in [1.807, 2.05) is 0 Å². The Labute approximate surface area is 51.6 Å². The number of rotatable bonds is 1. The lowest BCUT2D eigenvalue weighted by molar-refractivity contribution is 1.02. The highest BCUT2D eigenvalue weighted by molar-refractivity contribution is 5.21. The Bertz CT molecular complexity index is 109. The first-order chi connectivity index (χ1) is 3.84. The van der Waals surface area contributed by atoms with Crippen LogP contribution in [-0.2, 0) is 0 Å². The summed E-state index contributed by atoms with van der Waals surface area (Å²) < 4.78 is 0. The second-order valence-electron chi connectivity index (χ2n) is 2.43. The molecule has 0 spiro atoms. The van der Waals surface area contributed by atoms with Crippen LogP contribution in [0.4, 0.5) is 0 Å². The van der Waals surface area contributed by atoms with Crippen LogP contribution in [0.5, 0.6) is 0 Å². The van der Waals surface area contributed by atoms with Crippen LogP contribution >= 0.6 is 0 Å². The van der Waals surface area contributed by atoms with Gasteiger partial charge in [0.05, 0.1) is 0 Å². The summed E-state index contributed by atoms with van der Waals surface area (Å²) in [4.78, 5) is 0. The average Bonchev–Trinajstić information content (AvgIpc) is 2.14. The lowest BCUT2D eigenvalue weighted by atomic mass is 10.1. The number of hydrogen-bond donors (Lipinski definition) is 0. The zero-order valence-corrected chi connectivity index (χ0v) is 5.70. The van der Waals surface area contributed by atoms with E-state index in [1.54, 1.807) is 11.1 Å². The Morgan fingerprint density at radius 1 is 1.50 bits per heavy atom. The summed E-state index contributed by atoms with van der Waals surface area (Å²) in [6, 6.07) is 0. The molecule has 1 rings (SSSR count). The first-order valence-electron chi connectivity index (χ1n) is 3.33. The fourth-order valence-corrected chi connectivity index (χ4v) is 1.23. The third-order valence-corrected chi connectivity index (χ3v) is 1.87. The highest BCUT2D eigenvalue weighted by atomic mass is 14.1. The van der Waals surface area contributed by atoms with Gasteiger partial charge in [-0.1, -0.05) is 18.1 Å². The predicted molar refractivity (Wildman–Crippen MR) is 36.5 cm³/mol. The Balaban J connectivity index is 2.58. The molecule has 1 radical (unpaired) electrons. The highest BCUT2D eigenvalue weighted by Crippen LogP contribution is 2.26. The number of allylic oxidation sites excluding steroid dienone is 2. The molecule has 0 aromatic heterocycles. The van der Waals surface area contributed by atoms with Crippen LogP contribution in [0.2, 0.25) is 0 Å². The molecule has 0 saturated heterocycles. The zero-order valence-electron chi connectivity index (χ0n) is 5.70. The summed E-state index contributed by atoms with van der Waals surface area (Å²) in [6.07, 6.45) is 6.10. The predicted octanol–water partition coefficient (Wildman–Crippen LogP) is 2.71. The van der Waals surface area contributed by atoms with Gasteiger partial charge in [-0.05, 0) is 32.6 Å². The molecule has 0 aromatic rings. The number of hydrogen-bond acceptors (Lipinski definition) is 0. The molecule has 0 heteroatoms. The van der Waals surface area contributed by atoms with Gasteiger partial charge in [-0.25, -0.2) is 0 Å². The molecule has 0 nitrogen and oxygen atoms in total. The van der Waals surface area contributed by atoms with Crippen LogP contribution in [0, 0.1) is 6.42 Å². The van der Waals surface area contributed by atoms with Crippen molar-refractivity contribution in [2.45, 2.75) is 33.1 Å². The lowest BCUT2D eigenvalue weighted by Gasteiger charge is -1.94. The van der Waals surface area contributed by atoms with Gasteiger partial charge in [-0.2, -0.15) is 0 Å². The van der Waals surface area contributed by atoms with Crippen LogP contribution in [0.3, 0.4) is 0 Å². The fourth-order valence-electron chi connectivity index (χ4n) is 1.23. The van der Waals surface area contributed by atoms with E-state index in [2.05, 4.69) is 20.3 Å². The van der Waals surface area contributed by atoms with Crippen molar-refractivity contribution in [3.05, 3.63) is 17.6 Å². The van der Waals surface area contributed by atoms with E-state index in [0.717, 1.165) is 0 Å². The van der Waals surface area contributed by atoms with Gasteiger partial charge in [0.2, 0.25) is 0 Å². The molecule has 0 N–H and O–H groups in total. The molecule has 0 aliphatic heterocycles. The van der Waals surface area contributed by atoms with Crippen molar-refractivity contribution >= 4 is 0 Å². The van der Waals surface area contributed by atoms with Crippen molar-refractivity contribution < 1.29 is 0 Å². The molecule has 0 amide bonds. The largest absolute Gasteiger partial charge is 0.0738 e. The minimum atomic E-state index is 1.24. The van der Waals surface area contributed by atoms with E-state index >= 15 is 0 Å². The molecule has 8 heavy (non-hydrogen) atoms. The molecule has 1 aliphatic rings. The van der Waals surface area contributed by atoms with Gasteiger partial charge in [0.25, 0.3) is 0 Å². The van der Waals surface area contributed by atoms with E-state index < -0.39 is 0 Å². The SMILES string of the molecule is CCC1=C(C)C[CH]C1. The third-order valence-electron chi connectivity index (χ3n) is 1.87. The van der Waals surface area contributed by atoms with Crippen LogP contribution in [0.25, 0.3) is 0 Å². The molecule has 0 fully saturated rings. The molecular formula is C8H13. The minimum absolute atomic E-state index is 1.24. The minimum Gasteiger partial charge on any atom is -0.0738 e. The van der Waals surface area contributed by atoms with E-state index in [-0.39, 0.29) is 0 Å². The average molecular weight is 109 g/mol. The molecule has 0 unspecified atom stereocenters. The maximum absolute atomic E-state index is 2.36. The van der Waals surface area contributed by atoms with E-state index in [4.69, 9.17) is 0 Å². The van der Waals surface area contributed by atoms with Gasteiger partial charge in [0, 0.05) is 0 Å². The van der Waals surface area contributed by atoms with Gasteiger partial charge in [0.1, 0.15) is 0 Å². The van der Waals surface area contributed by atoms with Gasteiger partial charge in [0.15, 0.2) is 0 Å². The summed E-state index contributed by atoms with van der Waals surface area (Å²) in [5, 5.41) is 0. The zero-order chi connectivity index (χ0) is 5.98. The highest BCUT2D eigenvalue weighted by Gasteiger charge is 2.07. The van der Waals surface area contributed by atoms with Crippen molar-refractivity contribution in [1.29, 1.82) is 0 Å². The van der Waals surface area contributed by atoms with Crippen molar-refractivity contribution in [2.75, 3.05) is 0 Å². The smallest absolute Gasteiger partial charge is 0.0283 e. The van der Waals surface area contributed by atoms with Gasteiger partial charge < -0.3 is 0 Å². The van der Waals surface area contributed by atoms with E-state index in [0.29, 0.717) is 0 Å². The first-order valence-corrected chi connectivity index (χ1v) is 3.33. The van der Waals surface area contributed by atoms with Crippen LogP contribution in [0.1, 0.15) is 33.1 Å². The normalized spacial score (nSPS) is 20.2. The second kappa shape index (κ2) is 2.34. The van der Waals surface area contributed by atoms with Crippen molar-refractivity contribution in [2.24, 2.45) is 0 Å². The molecular weight excluding hydrogens is 96.1 g/mol. The monoisotopic (exact) mass is 109 g/mol. The summed E-state index contributed by atoms with van der Waals surface area (Å²) in [5.74, 6) is 0. The fraction of sp³-hybridized carbons (Fsp3) is 0.625.